The zero-order chi connectivity index (χ0) is 27.4. The SMILES string of the molecule is COc1ccc(OC)c(Sc2nc3c(N)ncnc3n2CCC(C2CCSCC2)N(C(=O)O)C(C)(C)C)c1. The zero-order valence-electron chi connectivity index (χ0n) is 22.5. The number of benzene rings is 1. The molecule has 10 nitrogen and oxygen atoms in total. The number of nitrogen functional groups attached to an aromatic ring is 1. The van der Waals surface area contributed by atoms with Crippen LogP contribution in [0.3, 0.4) is 0 Å². The molecule has 4 rings (SSSR count). The lowest BCUT2D eigenvalue weighted by Gasteiger charge is -2.44. The number of imidazole rings is 1. The number of ether oxygens (including phenoxy) is 2. The molecule has 1 amide bonds. The molecular weight excluding hydrogens is 524 g/mol. The topological polar surface area (TPSA) is 129 Å². The summed E-state index contributed by atoms with van der Waals surface area (Å²) in [6, 6.07) is 5.45. The van der Waals surface area contributed by atoms with E-state index in [0.29, 0.717) is 46.6 Å². The van der Waals surface area contributed by atoms with Gasteiger partial charge < -0.3 is 29.8 Å². The zero-order valence-corrected chi connectivity index (χ0v) is 24.1. The molecule has 0 saturated carbocycles. The largest absolute Gasteiger partial charge is 0.497 e. The van der Waals surface area contributed by atoms with Gasteiger partial charge in [0.1, 0.15) is 17.8 Å². The van der Waals surface area contributed by atoms with E-state index in [1.54, 1.807) is 19.1 Å². The molecule has 0 bridgehead atoms. The first-order chi connectivity index (χ1) is 18.1. The van der Waals surface area contributed by atoms with Crippen LogP contribution in [0, 0.1) is 5.92 Å². The third-order valence-corrected chi connectivity index (χ3v) is 8.90. The summed E-state index contributed by atoms with van der Waals surface area (Å²) in [4.78, 5) is 28.4. The molecule has 1 aromatic carbocycles. The van der Waals surface area contributed by atoms with E-state index in [-0.39, 0.29) is 12.0 Å². The highest BCUT2D eigenvalue weighted by Gasteiger charge is 2.38. The van der Waals surface area contributed by atoms with Crippen molar-refractivity contribution in [3.8, 4) is 11.5 Å². The van der Waals surface area contributed by atoms with Crippen LogP contribution in [-0.4, -0.2) is 72.9 Å². The van der Waals surface area contributed by atoms with Gasteiger partial charge in [0.15, 0.2) is 22.1 Å². The van der Waals surface area contributed by atoms with Gasteiger partial charge in [-0.05, 0) is 87.4 Å². The van der Waals surface area contributed by atoms with Crippen molar-refractivity contribution in [1.82, 2.24) is 24.4 Å². The summed E-state index contributed by atoms with van der Waals surface area (Å²) in [7, 11) is 3.24. The van der Waals surface area contributed by atoms with E-state index in [1.807, 2.05) is 55.3 Å². The number of hydrogen-bond donors (Lipinski definition) is 2. The van der Waals surface area contributed by atoms with Crippen molar-refractivity contribution in [3.63, 3.8) is 0 Å². The molecule has 1 aliphatic heterocycles. The molecule has 1 fully saturated rings. The molecule has 1 saturated heterocycles. The fourth-order valence-electron chi connectivity index (χ4n) is 5.04. The smallest absolute Gasteiger partial charge is 0.407 e. The highest BCUT2D eigenvalue weighted by atomic mass is 32.2. The number of amides is 1. The first-order valence-corrected chi connectivity index (χ1v) is 14.6. The maximum atomic E-state index is 12.5. The Hall–Kier alpha value is -2.86. The first-order valence-electron chi connectivity index (χ1n) is 12.6. The lowest BCUT2D eigenvalue weighted by atomic mass is 9.87. The molecule has 1 unspecified atom stereocenters. The van der Waals surface area contributed by atoms with Gasteiger partial charge in [0.25, 0.3) is 0 Å². The van der Waals surface area contributed by atoms with E-state index in [1.165, 1.54) is 18.1 Å². The Morgan fingerprint density at radius 2 is 2.00 bits per heavy atom. The number of thioether (sulfide) groups is 1. The third-order valence-electron chi connectivity index (χ3n) is 6.82. The number of hydrogen-bond acceptors (Lipinski definition) is 9. The lowest BCUT2D eigenvalue weighted by molar-refractivity contribution is 0.0408. The fourth-order valence-corrected chi connectivity index (χ4v) is 7.23. The number of rotatable bonds is 9. The fraction of sp³-hybridized carbons (Fsp3) is 0.538. The second-order valence-electron chi connectivity index (χ2n) is 10.2. The minimum absolute atomic E-state index is 0.144. The van der Waals surface area contributed by atoms with Gasteiger partial charge in [-0.25, -0.2) is 19.7 Å². The first kappa shape index (κ1) is 28.2. The predicted octanol–water partition coefficient (Wildman–Crippen LogP) is 5.26. The molecule has 1 aliphatic rings. The normalized spacial score (nSPS) is 15.4. The molecule has 0 radical (unpaired) electrons. The third kappa shape index (κ3) is 6.06. The van der Waals surface area contributed by atoms with Gasteiger partial charge in [-0.15, -0.1) is 0 Å². The van der Waals surface area contributed by atoms with Crippen LogP contribution in [-0.2, 0) is 6.54 Å². The Labute approximate surface area is 231 Å². The summed E-state index contributed by atoms with van der Waals surface area (Å²) in [6.07, 6.45) is 3.16. The second-order valence-corrected chi connectivity index (χ2v) is 12.5. The monoisotopic (exact) mass is 560 g/mol. The lowest BCUT2D eigenvalue weighted by Crippen LogP contribution is -2.54. The molecular formula is C26H36N6O4S2. The molecule has 38 heavy (non-hydrogen) atoms. The van der Waals surface area contributed by atoms with Gasteiger partial charge in [-0.1, -0.05) is 0 Å². The number of aryl methyl sites for hydroxylation is 1. The van der Waals surface area contributed by atoms with Gasteiger partial charge in [0, 0.05) is 18.1 Å². The Morgan fingerprint density at radius 3 is 2.63 bits per heavy atom. The molecule has 3 aromatic rings. The summed E-state index contributed by atoms with van der Waals surface area (Å²) in [5.74, 6) is 4.08. The van der Waals surface area contributed by atoms with Crippen LogP contribution in [0.25, 0.3) is 11.2 Å². The van der Waals surface area contributed by atoms with Crippen molar-refractivity contribution in [2.45, 2.75) is 68.2 Å². The Balaban J connectivity index is 1.74. The maximum Gasteiger partial charge on any atom is 0.407 e. The van der Waals surface area contributed by atoms with Crippen molar-refractivity contribution in [3.05, 3.63) is 24.5 Å². The number of anilines is 1. The van der Waals surface area contributed by atoms with Crippen LogP contribution in [0.5, 0.6) is 11.5 Å². The highest BCUT2D eigenvalue weighted by Crippen LogP contribution is 2.39. The van der Waals surface area contributed by atoms with E-state index >= 15 is 0 Å². The Bertz CT molecular complexity index is 1270. The molecule has 0 aliphatic carbocycles. The van der Waals surface area contributed by atoms with E-state index in [0.717, 1.165) is 29.2 Å². The van der Waals surface area contributed by atoms with E-state index < -0.39 is 11.6 Å². The summed E-state index contributed by atoms with van der Waals surface area (Å²) in [5, 5.41) is 10.9. The van der Waals surface area contributed by atoms with Crippen molar-refractivity contribution < 1.29 is 19.4 Å². The van der Waals surface area contributed by atoms with E-state index in [9.17, 15) is 9.90 Å². The number of nitrogens with zero attached hydrogens (tertiary/aromatic N) is 5. The van der Waals surface area contributed by atoms with Crippen molar-refractivity contribution >= 4 is 46.6 Å². The summed E-state index contributed by atoms with van der Waals surface area (Å²) >= 11 is 3.36. The average molecular weight is 561 g/mol. The van der Waals surface area contributed by atoms with Gasteiger partial charge in [0.05, 0.1) is 19.1 Å². The Morgan fingerprint density at radius 1 is 1.26 bits per heavy atom. The number of fused-ring (bicyclic) bond motifs is 1. The molecule has 3 N–H and O–H groups in total. The van der Waals surface area contributed by atoms with Crippen molar-refractivity contribution in [1.29, 1.82) is 0 Å². The predicted molar refractivity (Wildman–Crippen MR) is 151 cm³/mol. The minimum atomic E-state index is -0.890. The number of carbonyl (C=O) groups is 1. The second kappa shape index (κ2) is 11.9. The number of aromatic nitrogens is 4. The molecule has 3 heterocycles. The molecule has 0 spiro atoms. The average Bonchev–Trinajstić information content (AvgIpc) is 3.24. The van der Waals surface area contributed by atoms with Crippen LogP contribution >= 0.6 is 23.5 Å². The summed E-state index contributed by atoms with van der Waals surface area (Å²) < 4.78 is 13.0. The van der Waals surface area contributed by atoms with E-state index in [2.05, 4.69) is 9.97 Å². The standard InChI is InChI=1S/C26H36N6O4S2/c1-26(2,3)32(25(33)34)18(16-9-12-37-13-10-16)8-11-31-23-21(22(27)28-15-29-23)30-24(31)38-20-14-17(35-4)6-7-19(20)36-5/h6-7,14-16,18H,8-13H2,1-5H3,(H,33,34)(H2,27,28,29). The van der Waals surface area contributed by atoms with Gasteiger partial charge in [0.2, 0.25) is 0 Å². The molecule has 1 atom stereocenters. The maximum absolute atomic E-state index is 12.5. The van der Waals surface area contributed by atoms with Crippen LogP contribution in [0.1, 0.15) is 40.0 Å². The van der Waals surface area contributed by atoms with Gasteiger partial charge in [-0.3, -0.25) is 0 Å². The van der Waals surface area contributed by atoms with Crippen molar-refractivity contribution in [2.75, 3.05) is 31.5 Å². The summed E-state index contributed by atoms with van der Waals surface area (Å²) in [6.45, 7) is 6.41. The van der Waals surface area contributed by atoms with Crippen LogP contribution in [0.4, 0.5) is 10.6 Å². The highest BCUT2D eigenvalue weighted by molar-refractivity contribution is 7.99. The van der Waals surface area contributed by atoms with Crippen molar-refractivity contribution in [2.24, 2.45) is 5.92 Å². The molecule has 2 aromatic heterocycles. The minimum Gasteiger partial charge on any atom is -0.497 e. The van der Waals surface area contributed by atoms with Gasteiger partial charge in [-0.2, -0.15) is 11.8 Å². The summed E-state index contributed by atoms with van der Waals surface area (Å²) in [5.41, 5.74) is 6.80. The van der Waals surface area contributed by atoms with Gasteiger partial charge >= 0.3 is 6.09 Å². The number of carboxylic acid groups (broad SMARTS) is 1. The van der Waals surface area contributed by atoms with E-state index in [4.69, 9.17) is 20.2 Å². The molecule has 206 valence electrons. The van der Waals surface area contributed by atoms with Crippen LogP contribution in [0.15, 0.2) is 34.6 Å². The number of methoxy groups -OCH3 is 2. The quantitative estimate of drug-likeness (QED) is 0.358. The van der Waals surface area contributed by atoms with Crippen LogP contribution < -0.4 is 15.2 Å². The van der Waals surface area contributed by atoms with Crippen LogP contribution in [0.2, 0.25) is 0 Å². The molecule has 12 heteroatoms. The Kier molecular flexibility index (Phi) is 8.81. The number of nitrogens with two attached hydrogens (primary N) is 1.